The van der Waals surface area contributed by atoms with Gasteiger partial charge in [0.25, 0.3) is 0 Å². The molecule has 5 heterocycles. The van der Waals surface area contributed by atoms with Crippen LogP contribution >= 0.6 is 23.2 Å². The molecule has 6 rings (SSSR count). The lowest BCUT2D eigenvalue weighted by atomic mass is 9.99. The number of fused-ring (bicyclic) bond motifs is 4. The maximum atomic E-state index is 10.1. The third-order valence-corrected chi connectivity index (χ3v) is 7.50. The summed E-state index contributed by atoms with van der Waals surface area (Å²) >= 11 is 13.1. The Kier molecular flexibility index (Phi) is 4.59. The number of nitrogens with zero attached hydrogens (tertiary/aromatic N) is 6. The molecule has 11 heteroatoms. The Morgan fingerprint density at radius 2 is 1.91 bits per heavy atom. The first-order valence-electron chi connectivity index (χ1n) is 10.6. The van der Waals surface area contributed by atoms with Crippen molar-refractivity contribution in [3.8, 4) is 11.3 Å². The highest BCUT2D eigenvalue weighted by atomic mass is 35.5. The van der Waals surface area contributed by atoms with Crippen molar-refractivity contribution in [2.75, 3.05) is 4.90 Å². The van der Waals surface area contributed by atoms with E-state index in [-0.39, 0.29) is 24.8 Å². The number of aliphatic hydroxyl groups excluding tert-OH is 2. The Morgan fingerprint density at radius 1 is 1.16 bits per heavy atom. The summed E-state index contributed by atoms with van der Waals surface area (Å²) in [7, 11) is 1.76. The van der Waals surface area contributed by atoms with Gasteiger partial charge < -0.3 is 15.1 Å². The maximum absolute atomic E-state index is 10.1. The number of aryl methyl sites for hydroxylation is 1. The molecule has 2 aliphatic rings. The summed E-state index contributed by atoms with van der Waals surface area (Å²) in [6.45, 7) is -0.247. The van der Waals surface area contributed by atoms with E-state index >= 15 is 0 Å². The van der Waals surface area contributed by atoms with Gasteiger partial charge in [0.15, 0.2) is 11.5 Å². The minimum Gasteiger partial charge on any atom is -0.393 e. The molecule has 0 aliphatic carbocycles. The predicted octanol–water partition coefficient (Wildman–Crippen LogP) is 3.20. The fourth-order valence-corrected chi connectivity index (χ4v) is 5.87. The number of nitrogens with one attached hydrogen (secondary N) is 1. The summed E-state index contributed by atoms with van der Waals surface area (Å²) in [6, 6.07) is 4.08. The van der Waals surface area contributed by atoms with Crippen LogP contribution in [0.1, 0.15) is 31.4 Å². The third kappa shape index (κ3) is 2.85. The topological polar surface area (TPSA) is 116 Å². The highest BCUT2D eigenvalue weighted by Gasteiger charge is 2.42. The molecule has 0 amide bonds. The second kappa shape index (κ2) is 7.28. The Morgan fingerprint density at radius 3 is 2.62 bits per heavy atom. The van der Waals surface area contributed by atoms with Crippen LogP contribution in [0.3, 0.4) is 0 Å². The number of aromatic nitrogens is 6. The molecule has 2 aliphatic heterocycles. The van der Waals surface area contributed by atoms with E-state index in [1.807, 2.05) is 12.1 Å². The van der Waals surface area contributed by atoms with Gasteiger partial charge >= 0.3 is 0 Å². The van der Waals surface area contributed by atoms with Gasteiger partial charge in [-0.05, 0) is 37.8 Å². The van der Waals surface area contributed by atoms with Crippen LogP contribution in [0.2, 0.25) is 10.2 Å². The van der Waals surface area contributed by atoms with Gasteiger partial charge in [-0.3, -0.25) is 9.78 Å². The summed E-state index contributed by atoms with van der Waals surface area (Å²) in [5.74, 6) is 0.659. The normalized spacial score (nSPS) is 23.0. The second-order valence-corrected chi connectivity index (χ2v) is 9.31. The van der Waals surface area contributed by atoms with Crippen LogP contribution in [0.15, 0.2) is 12.1 Å². The Labute approximate surface area is 193 Å². The lowest BCUT2D eigenvalue weighted by molar-refractivity contribution is 0.125. The number of aliphatic hydroxyl groups is 2. The van der Waals surface area contributed by atoms with Crippen molar-refractivity contribution >= 4 is 51.1 Å². The van der Waals surface area contributed by atoms with Crippen LogP contribution in [-0.4, -0.2) is 58.3 Å². The Hall–Kier alpha value is -2.46. The Balaban J connectivity index is 1.50. The quantitative estimate of drug-likeness (QED) is 0.418. The SMILES string of the molecule is Cn1nc2ccc(-c3n[nH]c4nc(N5C6CCC5CC(O)C6)c(CO)nc34)c(Cl)c2c1Cl. The molecule has 1 aromatic carbocycles. The first kappa shape index (κ1) is 20.2. The van der Waals surface area contributed by atoms with Crippen molar-refractivity contribution in [2.24, 2.45) is 7.05 Å². The van der Waals surface area contributed by atoms with Gasteiger partial charge in [0, 0.05) is 24.7 Å². The molecule has 0 spiro atoms. The lowest BCUT2D eigenvalue weighted by Gasteiger charge is -2.38. The van der Waals surface area contributed by atoms with E-state index in [0.29, 0.717) is 67.9 Å². The first-order valence-corrected chi connectivity index (χ1v) is 11.3. The largest absolute Gasteiger partial charge is 0.393 e. The first-order chi connectivity index (χ1) is 15.5. The number of anilines is 1. The Bertz CT molecular complexity index is 1350. The van der Waals surface area contributed by atoms with E-state index in [0.717, 1.165) is 12.8 Å². The number of H-pyrrole nitrogens is 1. The number of rotatable bonds is 3. The monoisotopic (exact) mass is 473 g/mol. The molecule has 32 heavy (non-hydrogen) atoms. The molecule has 9 nitrogen and oxygen atoms in total. The average Bonchev–Trinajstić information content (AvgIpc) is 3.39. The highest BCUT2D eigenvalue weighted by Crippen LogP contribution is 2.42. The summed E-state index contributed by atoms with van der Waals surface area (Å²) in [6.07, 6.45) is 3.13. The predicted molar refractivity (Wildman–Crippen MR) is 122 cm³/mol. The number of piperidine rings is 1. The van der Waals surface area contributed by atoms with Crippen molar-refractivity contribution in [3.63, 3.8) is 0 Å². The number of benzene rings is 1. The van der Waals surface area contributed by atoms with Crippen LogP contribution < -0.4 is 4.90 Å². The summed E-state index contributed by atoms with van der Waals surface area (Å²) in [5, 5.41) is 33.6. The molecule has 2 bridgehead atoms. The fourth-order valence-electron chi connectivity index (χ4n) is 5.26. The van der Waals surface area contributed by atoms with E-state index in [2.05, 4.69) is 20.2 Å². The van der Waals surface area contributed by atoms with Gasteiger partial charge in [0.05, 0.1) is 28.6 Å². The number of halogens is 2. The zero-order valence-corrected chi connectivity index (χ0v) is 18.8. The molecule has 0 saturated carbocycles. The van der Waals surface area contributed by atoms with E-state index in [9.17, 15) is 10.2 Å². The molecule has 0 radical (unpaired) electrons. The van der Waals surface area contributed by atoms with Crippen LogP contribution in [0.25, 0.3) is 33.3 Å². The molecule has 2 atom stereocenters. The smallest absolute Gasteiger partial charge is 0.177 e. The van der Waals surface area contributed by atoms with Crippen molar-refractivity contribution in [2.45, 2.75) is 50.5 Å². The molecule has 166 valence electrons. The van der Waals surface area contributed by atoms with Gasteiger partial charge in [-0.2, -0.15) is 10.2 Å². The van der Waals surface area contributed by atoms with Crippen molar-refractivity contribution in [1.82, 2.24) is 29.9 Å². The zero-order chi connectivity index (χ0) is 22.1. The fraction of sp³-hybridized carbons (Fsp3) is 0.429. The molecule has 2 unspecified atom stereocenters. The van der Waals surface area contributed by atoms with Gasteiger partial charge in [0.2, 0.25) is 0 Å². The van der Waals surface area contributed by atoms with Crippen molar-refractivity contribution in [3.05, 3.63) is 28.0 Å². The van der Waals surface area contributed by atoms with Crippen LogP contribution in [-0.2, 0) is 13.7 Å². The molecule has 3 N–H and O–H groups in total. The van der Waals surface area contributed by atoms with Crippen molar-refractivity contribution in [1.29, 1.82) is 0 Å². The lowest BCUT2D eigenvalue weighted by Crippen LogP contribution is -2.45. The van der Waals surface area contributed by atoms with Crippen molar-refractivity contribution < 1.29 is 10.2 Å². The minimum atomic E-state index is -0.284. The molecule has 3 aromatic heterocycles. The standard InChI is InChI=1S/C21H21Cl2N7O2/c1-29-19(23)15-13(28-29)5-4-12(16(15)22)17-18-20(27-26-17)25-21(14(8-31)24-18)30-9-2-3-10(30)7-11(32)6-9/h4-5,9-11,31-32H,2-3,6-8H2,1H3,(H,25,26,27). The van der Waals surface area contributed by atoms with E-state index in [1.54, 1.807) is 11.7 Å². The highest BCUT2D eigenvalue weighted by molar-refractivity contribution is 6.43. The second-order valence-electron chi connectivity index (χ2n) is 8.57. The summed E-state index contributed by atoms with van der Waals surface area (Å²) in [4.78, 5) is 11.8. The van der Waals surface area contributed by atoms with Gasteiger partial charge in [-0.15, -0.1) is 0 Å². The van der Waals surface area contributed by atoms with Crippen LogP contribution in [0.4, 0.5) is 5.82 Å². The number of hydrogen-bond acceptors (Lipinski definition) is 7. The molecular weight excluding hydrogens is 453 g/mol. The number of hydrogen-bond donors (Lipinski definition) is 3. The van der Waals surface area contributed by atoms with Crippen LogP contribution in [0, 0.1) is 0 Å². The summed E-state index contributed by atoms with van der Waals surface area (Å²) in [5.41, 5.74) is 3.43. The number of aromatic amines is 1. The average molecular weight is 474 g/mol. The third-order valence-electron chi connectivity index (χ3n) is 6.67. The van der Waals surface area contributed by atoms with Crippen LogP contribution in [0.5, 0.6) is 0 Å². The van der Waals surface area contributed by atoms with Gasteiger partial charge in [0.1, 0.15) is 22.1 Å². The van der Waals surface area contributed by atoms with E-state index < -0.39 is 0 Å². The molecular formula is C21H21Cl2N7O2. The summed E-state index contributed by atoms with van der Waals surface area (Å²) < 4.78 is 1.57. The van der Waals surface area contributed by atoms with Gasteiger partial charge in [-0.1, -0.05) is 23.2 Å². The van der Waals surface area contributed by atoms with Gasteiger partial charge in [-0.25, -0.2) is 9.97 Å². The molecule has 2 saturated heterocycles. The zero-order valence-electron chi connectivity index (χ0n) is 17.3. The minimum absolute atomic E-state index is 0.202. The molecule has 4 aromatic rings. The maximum Gasteiger partial charge on any atom is 0.177 e. The van der Waals surface area contributed by atoms with E-state index in [4.69, 9.17) is 33.2 Å². The molecule has 2 fully saturated rings. The van der Waals surface area contributed by atoms with E-state index in [1.165, 1.54) is 0 Å².